The van der Waals surface area contributed by atoms with Crippen LogP contribution in [-0.2, 0) is 17.3 Å². The highest BCUT2D eigenvalue weighted by atomic mass is 35.5. The molecule has 0 saturated heterocycles. The summed E-state index contributed by atoms with van der Waals surface area (Å²) in [6.07, 6.45) is -6.72. The van der Waals surface area contributed by atoms with Gasteiger partial charge in [0, 0.05) is 125 Å². The Bertz CT molecular complexity index is 5720. The number of carbonyl (C=O) groups is 6. The van der Waals surface area contributed by atoms with Crippen LogP contribution in [0.25, 0.3) is 0 Å². The van der Waals surface area contributed by atoms with E-state index in [1.807, 2.05) is 105 Å². The topological polar surface area (TPSA) is 256 Å². The van der Waals surface area contributed by atoms with Crippen molar-refractivity contribution in [2.45, 2.75) is 167 Å². The SMILES string of the molecule is CCCCC.CCCN(C)C(=O)Cl.CCCN(C)C(=O)Oc1c2n(ccc1=O)N([C@@H]1c3ccccc3SCc3c(Cl)cccc31)CN([C@H](C)C(F)(F)F)C2=O.C[C@@H](N1CN([C@@H]2c3ccccc3SCc3c(Cl)cccc32)n2ccc(=O)c(O)c2C1=O)C(F)(F)F.C[C@@H](N1CN([C@@H]2c3ccccc3SCc3c(Cl)cccc32)n2ccc(=O)c(OC(=O)N(C)CCO)c2C1=O)C(F)(F)F. The maximum Gasteiger partial charge on any atom is 0.415 e. The molecule has 15 rings (SSSR count). The first kappa shape index (κ1) is 102. The maximum absolute atomic E-state index is 14.1. The molecule has 3 aromatic heterocycles. The smallest absolute Gasteiger partial charge is 0.415 e. The molecular formula is C91H95Cl4F9N12O13S3. The summed E-state index contributed by atoms with van der Waals surface area (Å²) in [4.78, 5) is 123. The monoisotopic (exact) mass is 1970 g/mol. The number of halogens is 13. The number of thioether (sulfide) groups is 3. The number of pyridine rings is 3. The summed E-state index contributed by atoms with van der Waals surface area (Å²) in [6, 6.07) is 33.0. The third kappa shape index (κ3) is 22.0. The van der Waals surface area contributed by atoms with E-state index in [1.54, 1.807) is 77.0 Å². The number of unbranched alkanes of at least 4 members (excludes halogenated alkanes) is 2. The number of aliphatic hydroxyl groups excluding tert-OH is 1. The molecule has 6 aliphatic rings. The molecule has 0 unspecified atom stereocenters. The molecule has 0 aliphatic carbocycles. The maximum atomic E-state index is 14.1. The molecule has 706 valence electrons. The number of hydrogen-bond acceptors (Lipinski definition) is 19. The molecule has 0 saturated carbocycles. The van der Waals surface area contributed by atoms with Gasteiger partial charge in [-0.05, 0) is 132 Å². The number of aromatic nitrogens is 3. The van der Waals surface area contributed by atoms with Crippen LogP contribution in [0, 0.1) is 0 Å². The minimum absolute atomic E-state index is 0.138. The standard InChI is InChI=1S/C29H28ClF3N4O4S.C28H26ClF3N4O5S.C24H19ClF3N3O3S.C5H10ClNO.C5H12/c1-4-13-34(3)28(40)41-26-22(38)12-14-36-25(26)27(39)35(17(2)29(31,32)33)16-37(36)24-18-9-7-10-21(30)20(18)15-42-23-11-6-5-8-19(23)24;1-16(28(30,31)32)34-15-36(23-17-7-5-8-20(29)19(17)14-42-22-9-4-3-6-18(22)23)35-11-10-21(38)25(24(35)26(34)39)41-27(40)33(2)12-13-37;1-13(24(26,27)28)29-12-31(30-10-9-18(32)22(33)21(30)23(29)34)20-14-6-4-7-17(25)16(14)11-35-19-8-3-2-5-15(19)20;1-3-4-7(2)5(6)8;1-3-5-4-2/h5-12,14,17,24H,4,13,15-16H2,1-3H3;3-11,16,23,37H,12-15H2,1-2H3;2-10,13,20,33H,11-12H2,1H3;3-4H2,1-2H3;3-5H2,1-2H3/t17-,24+;16-,23+;13-,20+;;/m111../s1. The molecule has 2 N–H and O–H groups in total. The van der Waals surface area contributed by atoms with Gasteiger partial charge in [0.25, 0.3) is 17.7 Å². The molecule has 0 bridgehead atoms. The number of ether oxygens (including phenoxy) is 2. The Kier molecular flexibility index (Phi) is 33.6. The fraction of sp³-hybridized carbons (Fsp3) is 0.374. The van der Waals surface area contributed by atoms with Crippen molar-refractivity contribution in [3.05, 3.63) is 277 Å². The first-order valence-electron chi connectivity index (χ1n) is 41.8. The number of aromatic hydroxyl groups is 1. The van der Waals surface area contributed by atoms with E-state index in [-0.39, 0.29) is 11.9 Å². The van der Waals surface area contributed by atoms with Gasteiger partial charge in [-0.15, -0.1) is 35.3 Å². The number of hydrogen-bond donors (Lipinski definition) is 2. The lowest BCUT2D eigenvalue weighted by Crippen LogP contribution is -2.60. The summed E-state index contributed by atoms with van der Waals surface area (Å²) < 4.78 is 141. The van der Waals surface area contributed by atoms with Gasteiger partial charge in [0.15, 0.2) is 22.8 Å². The largest absolute Gasteiger partial charge is 0.502 e. The molecule has 41 heteroatoms. The quantitative estimate of drug-likeness (QED) is 0.0518. The Morgan fingerprint density at radius 1 is 0.424 bits per heavy atom. The van der Waals surface area contributed by atoms with Crippen LogP contribution in [-0.4, -0.2) is 193 Å². The number of rotatable bonds is 16. The molecule has 0 radical (unpaired) electrons. The van der Waals surface area contributed by atoms with Crippen molar-refractivity contribution in [2.24, 2.45) is 0 Å². The Hall–Kier alpha value is -10.7. The summed E-state index contributed by atoms with van der Waals surface area (Å²) in [7, 11) is 4.45. The van der Waals surface area contributed by atoms with Gasteiger partial charge in [-0.1, -0.05) is 173 Å². The summed E-state index contributed by atoms with van der Waals surface area (Å²) >= 11 is 29.5. The van der Waals surface area contributed by atoms with E-state index < -0.39 is 162 Å². The first-order valence-corrected chi connectivity index (χ1v) is 46.3. The highest BCUT2D eigenvalue weighted by Gasteiger charge is 2.52. The molecule has 6 amide bonds. The predicted molar refractivity (Wildman–Crippen MR) is 490 cm³/mol. The number of nitrogens with zero attached hydrogens (tertiary/aromatic N) is 12. The third-order valence-electron chi connectivity index (χ3n) is 22.6. The zero-order valence-corrected chi connectivity index (χ0v) is 78.5. The predicted octanol–water partition coefficient (Wildman–Crippen LogP) is 19.4. The van der Waals surface area contributed by atoms with Crippen LogP contribution in [0.5, 0.6) is 17.2 Å². The van der Waals surface area contributed by atoms with Gasteiger partial charge in [0.2, 0.25) is 27.8 Å². The van der Waals surface area contributed by atoms with E-state index >= 15 is 0 Å². The van der Waals surface area contributed by atoms with E-state index in [1.165, 1.54) is 92.5 Å². The van der Waals surface area contributed by atoms with Crippen molar-refractivity contribution in [3.8, 4) is 17.2 Å². The van der Waals surface area contributed by atoms with E-state index in [0.29, 0.717) is 65.6 Å². The Morgan fingerprint density at radius 3 is 1.02 bits per heavy atom. The Balaban J connectivity index is 0.000000179. The molecule has 0 spiro atoms. The van der Waals surface area contributed by atoms with E-state index in [9.17, 15) is 92.9 Å². The second-order valence-electron chi connectivity index (χ2n) is 31.3. The average molecular weight is 1970 g/mol. The zero-order valence-electron chi connectivity index (χ0n) is 73.0. The number of fused-ring (bicyclic) bond motifs is 9. The number of alkyl halides is 9. The van der Waals surface area contributed by atoms with Crippen LogP contribution >= 0.6 is 81.7 Å². The van der Waals surface area contributed by atoms with E-state index in [2.05, 4.69) is 13.8 Å². The van der Waals surface area contributed by atoms with Crippen LogP contribution in [0.3, 0.4) is 0 Å². The van der Waals surface area contributed by atoms with Crippen molar-refractivity contribution in [1.82, 2.24) is 43.4 Å². The van der Waals surface area contributed by atoms with Gasteiger partial charge in [-0.3, -0.25) is 62.6 Å². The fourth-order valence-electron chi connectivity index (χ4n) is 15.4. The number of aliphatic hydroxyl groups is 1. The lowest BCUT2D eigenvalue weighted by atomic mass is 9.94. The minimum atomic E-state index is -4.80. The van der Waals surface area contributed by atoms with Crippen molar-refractivity contribution in [2.75, 3.05) is 82.4 Å². The molecule has 6 aromatic carbocycles. The zero-order chi connectivity index (χ0) is 96.4. The molecule has 6 aliphatic heterocycles. The molecule has 132 heavy (non-hydrogen) atoms. The van der Waals surface area contributed by atoms with Gasteiger partial charge >= 0.3 is 36.1 Å². The number of amides is 6. The molecule has 0 fully saturated rings. The van der Waals surface area contributed by atoms with Crippen molar-refractivity contribution >= 4 is 117 Å². The Morgan fingerprint density at radius 2 is 0.720 bits per heavy atom. The second kappa shape index (κ2) is 43.6. The number of benzene rings is 6. The van der Waals surface area contributed by atoms with Crippen molar-refractivity contribution in [1.29, 1.82) is 0 Å². The summed E-state index contributed by atoms with van der Waals surface area (Å²) in [5, 5.41) is 25.5. The van der Waals surface area contributed by atoms with Gasteiger partial charge in [-0.25, -0.2) is 9.59 Å². The van der Waals surface area contributed by atoms with Crippen molar-refractivity contribution < 1.29 is 88.0 Å². The van der Waals surface area contributed by atoms with Crippen molar-refractivity contribution in [3.63, 3.8) is 0 Å². The molecule has 25 nitrogen and oxygen atoms in total. The molecule has 6 atom stereocenters. The number of likely N-dealkylation sites (N-methyl/N-ethyl adjacent to an activating group) is 1. The van der Waals surface area contributed by atoms with E-state index in [4.69, 9.17) is 55.9 Å². The number of carbonyl (C=O) groups excluding carboxylic acids is 6. The van der Waals surface area contributed by atoms with Gasteiger partial charge < -0.3 is 49.1 Å². The van der Waals surface area contributed by atoms with Gasteiger partial charge in [-0.2, -0.15) is 39.5 Å². The Labute approximate surface area is 787 Å². The lowest BCUT2D eigenvalue weighted by Gasteiger charge is -2.46. The lowest BCUT2D eigenvalue weighted by molar-refractivity contribution is -0.173. The summed E-state index contributed by atoms with van der Waals surface area (Å²) in [6.45, 7) is 9.96. The second-order valence-corrected chi connectivity index (χ2v) is 35.9. The highest BCUT2D eigenvalue weighted by molar-refractivity contribution is 7.99. The van der Waals surface area contributed by atoms with Gasteiger partial charge in [0.05, 0.1) is 24.7 Å². The third-order valence-corrected chi connectivity index (χ3v) is 27.3. The molecule has 9 heterocycles. The first-order chi connectivity index (χ1) is 62.6. The van der Waals surface area contributed by atoms with E-state index in [0.717, 1.165) is 116 Å². The highest BCUT2D eigenvalue weighted by Crippen LogP contribution is 2.50. The van der Waals surface area contributed by atoms with Gasteiger partial charge in [0.1, 0.15) is 38.1 Å². The van der Waals surface area contributed by atoms with Crippen LogP contribution in [0.4, 0.5) is 53.9 Å². The molecule has 9 aromatic rings. The summed E-state index contributed by atoms with van der Waals surface area (Å²) in [5.74, 6) is -4.00. The van der Waals surface area contributed by atoms with Crippen LogP contribution in [0.2, 0.25) is 15.1 Å². The van der Waals surface area contributed by atoms with Crippen LogP contribution < -0.4 is 40.8 Å². The normalized spacial score (nSPS) is 16.6. The minimum Gasteiger partial charge on any atom is -0.502 e. The summed E-state index contributed by atoms with van der Waals surface area (Å²) in [5.41, 5.74) is 2.87. The van der Waals surface area contributed by atoms with Crippen LogP contribution in [0.1, 0.15) is 180 Å². The average Bonchev–Trinajstić information content (AvgIpc) is 1.35. The molecular weight excluding hydrogens is 1880 g/mol. The fourth-order valence-corrected chi connectivity index (χ4v) is 19.9. The van der Waals surface area contributed by atoms with Crippen LogP contribution in [0.15, 0.2) is 193 Å².